The standard InChI is InChI=1S/C23H33N5O/c1-19-24-21(26-25-19)10-11-22(29)28-16-13-23(18-28)12-6-15-27(17-23)14-5-9-20-7-3-2-4-8-20/h2-4,7-8H,5-6,9-18H2,1H3,(H,24,25,26). The number of aromatic nitrogens is 3. The Labute approximate surface area is 173 Å². The number of benzene rings is 1. The van der Waals surface area contributed by atoms with Gasteiger partial charge in [-0.25, -0.2) is 4.98 Å². The van der Waals surface area contributed by atoms with E-state index in [9.17, 15) is 4.79 Å². The van der Waals surface area contributed by atoms with Gasteiger partial charge in [0.05, 0.1) is 0 Å². The molecule has 0 radical (unpaired) electrons. The molecular formula is C23H33N5O. The minimum absolute atomic E-state index is 0.255. The molecule has 0 saturated carbocycles. The van der Waals surface area contributed by atoms with E-state index in [2.05, 4.69) is 55.3 Å². The molecule has 2 aliphatic rings. The van der Waals surface area contributed by atoms with Gasteiger partial charge in [0.25, 0.3) is 0 Å². The lowest BCUT2D eigenvalue weighted by Gasteiger charge is -2.40. The van der Waals surface area contributed by atoms with Crippen LogP contribution in [0, 0.1) is 12.3 Å². The molecule has 4 rings (SSSR count). The lowest BCUT2D eigenvalue weighted by atomic mass is 9.79. The Bertz CT molecular complexity index is 805. The Morgan fingerprint density at radius 2 is 2.00 bits per heavy atom. The lowest BCUT2D eigenvalue weighted by Crippen LogP contribution is -2.45. The van der Waals surface area contributed by atoms with Crippen molar-refractivity contribution in [3.63, 3.8) is 0 Å². The predicted molar refractivity (Wildman–Crippen MR) is 114 cm³/mol. The maximum absolute atomic E-state index is 12.7. The van der Waals surface area contributed by atoms with E-state index in [1.807, 2.05) is 6.92 Å². The second-order valence-electron chi connectivity index (χ2n) is 8.87. The van der Waals surface area contributed by atoms with Crippen LogP contribution >= 0.6 is 0 Å². The summed E-state index contributed by atoms with van der Waals surface area (Å²) in [6, 6.07) is 10.8. The van der Waals surface area contributed by atoms with E-state index in [4.69, 9.17) is 0 Å². The predicted octanol–water partition coefficient (Wildman–Crippen LogP) is 2.99. The fraction of sp³-hybridized carbons (Fsp3) is 0.609. The first-order valence-electron chi connectivity index (χ1n) is 11.0. The fourth-order valence-electron chi connectivity index (χ4n) is 5.01. The van der Waals surface area contributed by atoms with Crippen LogP contribution in [0.25, 0.3) is 0 Å². The summed E-state index contributed by atoms with van der Waals surface area (Å²) >= 11 is 0. The van der Waals surface area contributed by atoms with Crippen LogP contribution in [0.15, 0.2) is 30.3 Å². The van der Waals surface area contributed by atoms with Crippen LogP contribution in [-0.2, 0) is 17.6 Å². The molecular weight excluding hydrogens is 362 g/mol. The average molecular weight is 396 g/mol. The maximum Gasteiger partial charge on any atom is 0.223 e. The molecule has 1 N–H and O–H groups in total. The summed E-state index contributed by atoms with van der Waals surface area (Å²) in [5.74, 6) is 1.81. The molecule has 2 saturated heterocycles. The first kappa shape index (κ1) is 20.1. The van der Waals surface area contributed by atoms with Crippen LogP contribution in [0.4, 0.5) is 0 Å². The van der Waals surface area contributed by atoms with Crippen LogP contribution < -0.4 is 0 Å². The van der Waals surface area contributed by atoms with Gasteiger partial charge in [-0.1, -0.05) is 30.3 Å². The summed E-state index contributed by atoms with van der Waals surface area (Å²) in [6.45, 7) is 7.23. The Balaban J connectivity index is 1.23. The highest BCUT2D eigenvalue weighted by Crippen LogP contribution is 2.39. The molecule has 1 aromatic carbocycles. The number of likely N-dealkylation sites (tertiary alicyclic amines) is 2. The van der Waals surface area contributed by atoms with Crippen molar-refractivity contribution >= 4 is 5.91 Å². The van der Waals surface area contributed by atoms with Gasteiger partial charge < -0.3 is 9.80 Å². The van der Waals surface area contributed by atoms with Gasteiger partial charge in [0.2, 0.25) is 5.91 Å². The number of amides is 1. The Morgan fingerprint density at radius 1 is 1.14 bits per heavy atom. The molecule has 0 bridgehead atoms. The molecule has 6 heteroatoms. The number of aryl methyl sites for hydroxylation is 3. The fourth-order valence-corrected chi connectivity index (χ4v) is 5.01. The van der Waals surface area contributed by atoms with E-state index >= 15 is 0 Å². The number of hydrogen-bond acceptors (Lipinski definition) is 4. The van der Waals surface area contributed by atoms with E-state index in [0.717, 1.165) is 50.7 Å². The Morgan fingerprint density at radius 3 is 2.79 bits per heavy atom. The minimum Gasteiger partial charge on any atom is -0.342 e. The van der Waals surface area contributed by atoms with Crippen molar-refractivity contribution in [2.75, 3.05) is 32.7 Å². The first-order valence-corrected chi connectivity index (χ1v) is 11.0. The highest BCUT2D eigenvalue weighted by Gasteiger charge is 2.42. The number of H-pyrrole nitrogens is 1. The highest BCUT2D eigenvalue weighted by molar-refractivity contribution is 5.76. The number of carbonyl (C=O) groups is 1. The summed E-state index contributed by atoms with van der Waals surface area (Å²) < 4.78 is 0. The van der Waals surface area contributed by atoms with E-state index in [1.54, 1.807) is 0 Å². The Hall–Kier alpha value is -2.21. The van der Waals surface area contributed by atoms with Crippen LogP contribution in [0.1, 0.15) is 49.3 Å². The quantitative estimate of drug-likeness (QED) is 0.783. The number of nitrogens with zero attached hydrogens (tertiary/aromatic N) is 4. The number of piperidine rings is 1. The van der Waals surface area contributed by atoms with Gasteiger partial charge in [-0.15, -0.1) is 0 Å². The SMILES string of the molecule is Cc1nc(CCC(=O)N2CCC3(CCCN(CCCc4ccccc4)C3)C2)n[nH]1. The molecule has 1 spiro atoms. The summed E-state index contributed by atoms with van der Waals surface area (Å²) in [6.07, 6.45) is 7.14. The van der Waals surface area contributed by atoms with E-state index in [0.29, 0.717) is 18.3 Å². The van der Waals surface area contributed by atoms with Gasteiger partial charge in [0.1, 0.15) is 5.82 Å². The summed E-state index contributed by atoms with van der Waals surface area (Å²) in [5, 5.41) is 6.99. The molecule has 6 nitrogen and oxygen atoms in total. The number of hydrogen-bond donors (Lipinski definition) is 1. The van der Waals surface area contributed by atoms with Gasteiger partial charge in [-0.2, -0.15) is 5.10 Å². The molecule has 2 aromatic rings. The average Bonchev–Trinajstić information content (AvgIpc) is 3.33. The van der Waals surface area contributed by atoms with Gasteiger partial charge in [0, 0.05) is 37.9 Å². The van der Waals surface area contributed by atoms with Crippen LogP contribution in [0.3, 0.4) is 0 Å². The second-order valence-corrected chi connectivity index (χ2v) is 8.87. The molecule has 1 unspecified atom stereocenters. The van der Waals surface area contributed by atoms with Gasteiger partial charge in [0.15, 0.2) is 5.82 Å². The summed E-state index contributed by atoms with van der Waals surface area (Å²) in [4.78, 5) is 21.7. The van der Waals surface area contributed by atoms with E-state index in [1.165, 1.54) is 31.4 Å². The molecule has 156 valence electrons. The zero-order chi connectivity index (χ0) is 20.1. The monoisotopic (exact) mass is 395 g/mol. The third-order valence-corrected chi connectivity index (χ3v) is 6.52. The molecule has 1 atom stereocenters. The topological polar surface area (TPSA) is 65.1 Å². The molecule has 29 heavy (non-hydrogen) atoms. The van der Waals surface area contributed by atoms with Crippen LogP contribution in [0.5, 0.6) is 0 Å². The zero-order valence-corrected chi connectivity index (χ0v) is 17.6. The van der Waals surface area contributed by atoms with Crippen molar-refractivity contribution in [3.05, 3.63) is 47.5 Å². The normalized spacial score (nSPS) is 22.4. The van der Waals surface area contributed by atoms with Crippen molar-refractivity contribution in [2.24, 2.45) is 5.41 Å². The van der Waals surface area contributed by atoms with Crippen molar-refractivity contribution < 1.29 is 4.79 Å². The Kier molecular flexibility index (Phi) is 6.28. The summed E-state index contributed by atoms with van der Waals surface area (Å²) in [5.41, 5.74) is 1.74. The molecule has 2 fully saturated rings. The highest BCUT2D eigenvalue weighted by atomic mass is 16.2. The molecule has 3 heterocycles. The smallest absolute Gasteiger partial charge is 0.223 e. The first-order chi connectivity index (χ1) is 14.1. The summed E-state index contributed by atoms with van der Waals surface area (Å²) in [7, 11) is 0. The van der Waals surface area contributed by atoms with E-state index in [-0.39, 0.29) is 5.91 Å². The van der Waals surface area contributed by atoms with Gasteiger partial charge >= 0.3 is 0 Å². The van der Waals surface area contributed by atoms with Crippen LogP contribution in [-0.4, -0.2) is 63.6 Å². The van der Waals surface area contributed by atoms with Crippen molar-refractivity contribution in [2.45, 2.75) is 51.9 Å². The number of rotatable bonds is 7. The minimum atomic E-state index is 0.255. The third kappa shape index (κ3) is 5.24. The largest absolute Gasteiger partial charge is 0.342 e. The zero-order valence-electron chi connectivity index (χ0n) is 17.6. The maximum atomic E-state index is 12.7. The van der Waals surface area contributed by atoms with Crippen molar-refractivity contribution in [3.8, 4) is 0 Å². The molecule has 0 aliphatic carbocycles. The lowest BCUT2D eigenvalue weighted by molar-refractivity contribution is -0.130. The van der Waals surface area contributed by atoms with Gasteiger partial charge in [-0.05, 0) is 57.7 Å². The third-order valence-electron chi connectivity index (χ3n) is 6.52. The number of aromatic amines is 1. The van der Waals surface area contributed by atoms with Crippen molar-refractivity contribution in [1.82, 2.24) is 25.0 Å². The molecule has 2 aliphatic heterocycles. The number of carbonyl (C=O) groups excluding carboxylic acids is 1. The van der Waals surface area contributed by atoms with Gasteiger partial charge in [-0.3, -0.25) is 9.89 Å². The molecule has 1 amide bonds. The molecule has 1 aromatic heterocycles. The van der Waals surface area contributed by atoms with Crippen LogP contribution in [0.2, 0.25) is 0 Å². The van der Waals surface area contributed by atoms with Crippen molar-refractivity contribution in [1.29, 1.82) is 0 Å². The van der Waals surface area contributed by atoms with E-state index < -0.39 is 0 Å². The second kappa shape index (κ2) is 9.08. The number of nitrogens with one attached hydrogen (secondary N) is 1.